The Morgan fingerprint density at radius 3 is 2.62 bits per heavy atom. The van der Waals surface area contributed by atoms with E-state index in [1.54, 1.807) is 40.2 Å². The van der Waals surface area contributed by atoms with Gasteiger partial charge in [0.15, 0.2) is 14.6 Å². The van der Waals surface area contributed by atoms with Crippen molar-refractivity contribution in [1.29, 1.82) is 0 Å². The molecule has 2 aromatic carbocycles. The Morgan fingerprint density at radius 2 is 1.88 bits per heavy atom. The van der Waals surface area contributed by atoms with Crippen LogP contribution in [0, 0.1) is 0 Å². The van der Waals surface area contributed by atoms with Crippen molar-refractivity contribution in [1.82, 2.24) is 9.55 Å². The Balaban J connectivity index is 1.68. The first-order valence-electron chi connectivity index (χ1n) is 9.63. The number of pyridine rings is 1. The smallest absolute Gasteiger partial charge is 0.280 e. The monoisotopic (exact) mass is 479 g/mol. The van der Waals surface area contributed by atoms with Crippen LogP contribution in [0.3, 0.4) is 0 Å². The summed E-state index contributed by atoms with van der Waals surface area (Å²) in [7, 11) is -1.51. The van der Waals surface area contributed by atoms with E-state index in [0.29, 0.717) is 10.4 Å². The van der Waals surface area contributed by atoms with Crippen LogP contribution in [-0.2, 0) is 16.9 Å². The quantitative estimate of drug-likeness (QED) is 0.377. The Labute approximate surface area is 192 Å². The zero-order chi connectivity index (χ0) is 22.5. The summed E-state index contributed by atoms with van der Waals surface area (Å²) in [4.78, 5) is 24.1. The van der Waals surface area contributed by atoms with E-state index in [0.717, 1.165) is 31.7 Å². The third-order valence-corrected chi connectivity index (χ3v) is 8.22. The number of thiophene rings is 1. The number of benzene rings is 2. The molecule has 6 nitrogen and oxygen atoms in total. The second-order valence-electron chi connectivity index (χ2n) is 7.31. The number of para-hydroxylation sites is 1. The van der Waals surface area contributed by atoms with E-state index in [1.807, 2.05) is 48.8 Å². The molecule has 3 heterocycles. The van der Waals surface area contributed by atoms with Gasteiger partial charge in [-0.1, -0.05) is 35.6 Å². The summed E-state index contributed by atoms with van der Waals surface area (Å²) < 4.78 is 26.4. The van der Waals surface area contributed by atoms with Crippen LogP contribution in [0.4, 0.5) is 0 Å². The number of fused-ring (bicyclic) bond motifs is 2. The van der Waals surface area contributed by atoms with Crippen molar-refractivity contribution in [2.24, 2.45) is 12.0 Å². The Hall–Kier alpha value is -3.14. The van der Waals surface area contributed by atoms with Crippen molar-refractivity contribution in [2.75, 3.05) is 6.26 Å². The largest absolute Gasteiger partial charge is 0.319 e. The fourth-order valence-corrected chi connectivity index (χ4v) is 5.97. The first kappa shape index (κ1) is 20.7. The molecule has 0 aliphatic rings. The van der Waals surface area contributed by atoms with E-state index >= 15 is 0 Å². The summed E-state index contributed by atoms with van der Waals surface area (Å²) in [6.07, 6.45) is 1.18. The Kier molecular flexibility index (Phi) is 5.04. The van der Waals surface area contributed by atoms with E-state index in [9.17, 15) is 13.2 Å². The first-order valence-corrected chi connectivity index (χ1v) is 13.2. The van der Waals surface area contributed by atoms with Crippen molar-refractivity contribution in [3.63, 3.8) is 0 Å². The van der Waals surface area contributed by atoms with E-state index in [1.165, 1.54) is 17.6 Å². The molecule has 0 atom stereocenters. The predicted molar refractivity (Wildman–Crippen MR) is 129 cm³/mol. The molecule has 0 spiro atoms. The van der Waals surface area contributed by atoms with Gasteiger partial charge in [-0.15, -0.1) is 11.3 Å². The molecule has 0 fully saturated rings. The van der Waals surface area contributed by atoms with Crippen molar-refractivity contribution >= 4 is 59.5 Å². The standard InChI is InChI=1S/C23H17N3O3S3/c1-26-19-10-9-14(32(2,28)29)12-21(19)31-23(26)25-22(27)16-13-18(20-8-5-11-30-20)24-17-7-4-3-6-15(16)17/h3-13H,1-2H3/b25-23+. The van der Waals surface area contributed by atoms with Gasteiger partial charge in [-0.3, -0.25) is 4.79 Å². The van der Waals surface area contributed by atoms with Crippen LogP contribution >= 0.6 is 22.7 Å². The first-order chi connectivity index (χ1) is 15.3. The average Bonchev–Trinajstić information content (AvgIpc) is 3.41. The average molecular weight is 480 g/mol. The van der Waals surface area contributed by atoms with Gasteiger partial charge in [0.05, 0.1) is 36.8 Å². The van der Waals surface area contributed by atoms with Gasteiger partial charge in [0, 0.05) is 18.7 Å². The van der Waals surface area contributed by atoms with Crippen molar-refractivity contribution in [2.45, 2.75) is 4.90 Å². The fourth-order valence-electron chi connectivity index (χ4n) is 3.50. The van der Waals surface area contributed by atoms with Gasteiger partial charge in [0.25, 0.3) is 5.91 Å². The molecular weight excluding hydrogens is 462 g/mol. The summed E-state index contributed by atoms with van der Waals surface area (Å²) in [5, 5.41) is 2.71. The maximum atomic E-state index is 13.3. The van der Waals surface area contributed by atoms with Crippen LogP contribution in [0.2, 0.25) is 0 Å². The number of nitrogens with zero attached hydrogens (tertiary/aromatic N) is 3. The molecule has 0 unspecified atom stereocenters. The maximum Gasteiger partial charge on any atom is 0.280 e. The van der Waals surface area contributed by atoms with E-state index in [2.05, 4.69) is 4.99 Å². The van der Waals surface area contributed by atoms with Crippen LogP contribution in [-0.4, -0.2) is 30.1 Å². The molecule has 3 aromatic heterocycles. The highest BCUT2D eigenvalue weighted by atomic mass is 32.2. The van der Waals surface area contributed by atoms with E-state index < -0.39 is 9.84 Å². The minimum Gasteiger partial charge on any atom is -0.319 e. The second-order valence-corrected chi connectivity index (χ2v) is 11.3. The molecule has 0 aliphatic carbocycles. The normalized spacial score (nSPS) is 12.6. The van der Waals surface area contributed by atoms with E-state index in [-0.39, 0.29) is 10.8 Å². The molecular formula is C23H17N3O3S3. The lowest BCUT2D eigenvalue weighted by Crippen LogP contribution is -2.13. The minimum absolute atomic E-state index is 0.241. The zero-order valence-electron chi connectivity index (χ0n) is 17.1. The van der Waals surface area contributed by atoms with Crippen LogP contribution in [0.15, 0.2) is 75.9 Å². The molecule has 9 heteroatoms. The molecule has 5 rings (SSSR count). The van der Waals surface area contributed by atoms with Crippen molar-refractivity contribution in [3.8, 4) is 10.6 Å². The third kappa shape index (κ3) is 3.68. The molecule has 0 saturated carbocycles. The van der Waals surface area contributed by atoms with Gasteiger partial charge in [-0.05, 0) is 41.8 Å². The van der Waals surface area contributed by atoms with Gasteiger partial charge < -0.3 is 4.57 Å². The number of carbonyl (C=O) groups is 1. The summed E-state index contributed by atoms with van der Waals surface area (Å²) in [6.45, 7) is 0. The fraction of sp³-hybridized carbons (Fsp3) is 0.0870. The summed E-state index contributed by atoms with van der Waals surface area (Å²) in [5.74, 6) is -0.369. The van der Waals surface area contributed by atoms with Crippen LogP contribution in [0.25, 0.3) is 31.7 Å². The van der Waals surface area contributed by atoms with Gasteiger partial charge in [-0.2, -0.15) is 4.99 Å². The van der Waals surface area contributed by atoms with Gasteiger partial charge in [-0.25, -0.2) is 13.4 Å². The summed E-state index contributed by atoms with van der Waals surface area (Å²) in [6, 6.07) is 18.2. The molecule has 5 aromatic rings. The molecule has 0 aliphatic heterocycles. The van der Waals surface area contributed by atoms with Crippen LogP contribution < -0.4 is 4.80 Å². The van der Waals surface area contributed by atoms with Crippen LogP contribution in [0.1, 0.15) is 10.4 Å². The summed E-state index contributed by atoms with van der Waals surface area (Å²) in [5.41, 5.74) is 2.76. The minimum atomic E-state index is -3.32. The number of hydrogen-bond donors (Lipinski definition) is 0. The van der Waals surface area contributed by atoms with Gasteiger partial charge in [0.1, 0.15) is 0 Å². The highest BCUT2D eigenvalue weighted by Crippen LogP contribution is 2.28. The molecule has 0 bridgehead atoms. The molecule has 0 saturated heterocycles. The zero-order valence-corrected chi connectivity index (χ0v) is 19.6. The number of carbonyl (C=O) groups excluding carboxylic acids is 1. The lowest BCUT2D eigenvalue weighted by molar-refractivity contribution is 0.0999. The Bertz CT molecular complexity index is 1680. The number of aromatic nitrogens is 2. The predicted octanol–water partition coefficient (Wildman–Crippen LogP) is 4.66. The SMILES string of the molecule is Cn1/c(=N\C(=O)c2cc(-c3cccs3)nc3ccccc23)sc2cc(S(C)(=O)=O)ccc21. The number of hydrogen-bond acceptors (Lipinski definition) is 6. The number of amides is 1. The summed E-state index contributed by atoms with van der Waals surface area (Å²) >= 11 is 2.84. The molecule has 0 radical (unpaired) electrons. The topological polar surface area (TPSA) is 81.4 Å². The highest BCUT2D eigenvalue weighted by Gasteiger charge is 2.15. The van der Waals surface area contributed by atoms with Crippen molar-refractivity contribution < 1.29 is 13.2 Å². The molecule has 0 N–H and O–H groups in total. The highest BCUT2D eigenvalue weighted by molar-refractivity contribution is 7.90. The lowest BCUT2D eigenvalue weighted by Gasteiger charge is -2.06. The second kappa shape index (κ2) is 7.77. The van der Waals surface area contributed by atoms with Crippen molar-refractivity contribution in [3.05, 3.63) is 76.4 Å². The maximum absolute atomic E-state index is 13.3. The van der Waals surface area contributed by atoms with E-state index in [4.69, 9.17) is 4.98 Å². The molecule has 160 valence electrons. The molecule has 32 heavy (non-hydrogen) atoms. The lowest BCUT2D eigenvalue weighted by atomic mass is 10.1. The number of rotatable bonds is 3. The molecule has 1 amide bonds. The van der Waals surface area contributed by atoms with Crippen LogP contribution in [0.5, 0.6) is 0 Å². The van der Waals surface area contributed by atoms with Gasteiger partial charge in [0.2, 0.25) is 0 Å². The van der Waals surface area contributed by atoms with Gasteiger partial charge >= 0.3 is 0 Å². The number of sulfone groups is 1. The Morgan fingerprint density at radius 1 is 1.06 bits per heavy atom. The number of thiazole rings is 1. The third-order valence-electron chi connectivity index (χ3n) is 5.13. The number of aryl methyl sites for hydroxylation is 1.